The van der Waals surface area contributed by atoms with Crippen molar-refractivity contribution in [3.63, 3.8) is 0 Å². The Kier molecular flexibility index (Phi) is 6.76. The Bertz CT molecular complexity index is 1180. The summed E-state index contributed by atoms with van der Waals surface area (Å²) in [6.07, 6.45) is 5.55. The number of carbonyl (C=O) groups excluding carboxylic acids is 2. The lowest BCUT2D eigenvalue weighted by Gasteiger charge is -2.31. The van der Waals surface area contributed by atoms with Gasteiger partial charge in [-0.3, -0.25) is 9.59 Å². The van der Waals surface area contributed by atoms with Gasteiger partial charge in [-0.25, -0.2) is 4.98 Å². The number of anilines is 1. The molecule has 9 nitrogen and oxygen atoms in total. The summed E-state index contributed by atoms with van der Waals surface area (Å²) in [5.74, 6) is 1.37. The first-order chi connectivity index (χ1) is 17.1. The molecule has 3 N–H and O–H groups in total. The maximum absolute atomic E-state index is 13.1. The van der Waals surface area contributed by atoms with Crippen molar-refractivity contribution in [1.29, 1.82) is 0 Å². The molecular formula is C26H29N5O4. The predicted molar refractivity (Wildman–Crippen MR) is 129 cm³/mol. The van der Waals surface area contributed by atoms with Crippen LogP contribution in [0.1, 0.15) is 69.8 Å². The number of piperidine rings is 1. The average molecular weight is 476 g/mol. The molecule has 0 spiro atoms. The molecule has 3 heterocycles. The number of ether oxygens (including phenoxy) is 1. The third-order valence-electron chi connectivity index (χ3n) is 6.59. The molecule has 2 fully saturated rings. The summed E-state index contributed by atoms with van der Waals surface area (Å²) in [4.78, 5) is 30.2. The highest BCUT2D eigenvalue weighted by molar-refractivity contribution is 6.04. The molecule has 1 saturated heterocycles. The third-order valence-corrected chi connectivity index (χ3v) is 6.59. The molecule has 3 aromatic rings. The van der Waals surface area contributed by atoms with E-state index < -0.39 is 0 Å². The number of rotatable bonds is 8. The normalized spacial score (nSPS) is 16.9. The van der Waals surface area contributed by atoms with Crippen LogP contribution in [-0.4, -0.2) is 42.2 Å². The van der Waals surface area contributed by atoms with E-state index in [1.54, 1.807) is 30.5 Å². The van der Waals surface area contributed by atoms with Gasteiger partial charge in [0.05, 0.1) is 25.0 Å². The van der Waals surface area contributed by atoms with Crippen LogP contribution in [-0.2, 0) is 0 Å². The van der Waals surface area contributed by atoms with Crippen LogP contribution in [0, 0.1) is 5.92 Å². The third kappa shape index (κ3) is 5.51. The quantitative estimate of drug-likeness (QED) is 0.455. The van der Waals surface area contributed by atoms with E-state index in [1.807, 2.05) is 18.2 Å². The van der Waals surface area contributed by atoms with Crippen LogP contribution in [0.25, 0.3) is 0 Å². The monoisotopic (exact) mass is 475 g/mol. The van der Waals surface area contributed by atoms with Gasteiger partial charge in [-0.05, 0) is 68.5 Å². The van der Waals surface area contributed by atoms with Gasteiger partial charge in [0.25, 0.3) is 11.8 Å². The van der Waals surface area contributed by atoms with Gasteiger partial charge >= 0.3 is 0 Å². The Hall–Kier alpha value is -3.72. The van der Waals surface area contributed by atoms with Crippen molar-refractivity contribution in [2.45, 2.75) is 37.6 Å². The van der Waals surface area contributed by atoms with E-state index in [1.165, 1.54) is 7.11 Å². The van der Waals surface area contributed by atoms with Gasteiger partial charge < -0.3 is 25.2 Å². The summed E-state index contributed by atoms with van der Waals surface area (Å²) in [6.45, 7) is 1.77. The van der Waals surface area contributed by atoms with Crippen LogP contribution in [0.15, 0.2) is 53.2 Å². The van der Waals surface area contributed by atoms with Crippen LogP contribution < -0.4 is 20.7 Å². The predicted octanol–water partition coefficient (Wildman–Crippen LogP) is 3.68. The van der Waals surface area contributed by atoms with E-state index in [-0.39, 0.29) is 23.8 Å². The largest absolute Gasteiger partial charge is 0.481 e. The van der Waals surface area contributed by atoms with E-state index in [0.717, 1.165) is 50.1 Å². The first-order valence-corrected chi connectivity index (χ1v) is 12.0. The molecule has 1 aromatic carbocycles. The average Bonchev–Trinajstić information content (AvgIpc) is 3.64. The highest BCUT2D eigenvalue weighted by Gasteiger charge is 2.31. The second kappa shape index (κ2) is 10.3. The topological polar surface area (TPSA) is 118 Å². The minimum Gasteiger partial charge on any atom is -0.481 e. The zero-order valence-electron chi connectivity index (χ0n) is 19.6. The number of methoxy groups -OCH3 is 1. The maximum Gasteiger partial charge on any atom is 0.273 e. The fourth-order valence-corrected chi connectivity index (χ4v) is 4.47. The van der Waals surface area contributed by atoms with E-state index in [0.29, 0.717) is 28.7 Å². The molecule has 1 atom stereocenters. The van der Waals surface area contributed by atoms with Crippen LogP contribution in [0.4, 0.5) is 5.69 Å². The Balaban J connectivity index is 1.35. The van der Waals surface area contributed by atoms with Crippen LogP contribution in [0.2, 0.25) is 0 Å². The first-order valence-electron chi connectivity index (χ1n) is 12.0. The molecule has 0 radical (unpaired) electrons. The second-order valence-corrected chi connectivity index (χ2v) is 9.10. The van der Waals surface area contributed by atoms with Crippen molar-refractivity contribution >= 4 is 17.5 Å². The van der Waals surface area contributed by atoms with Crippen LogP contribution in [0.3, 0.4) is 0 Å². The number of pyridine rings is 1. The van der Waals surface area contributed by atoms with E-state index in [2.05, 4.69) is 26.1 Å². The van der Waals surface area contributed by atoms with Gasteiger partial charge in [0.15, 0.2) is 5.69 Å². The summed E-state index contributed by atoms with van der Waals surface area (Å²) in [5.41, 5.74) is 2.26. The minimum atomic E-state index is -0.261. The Labute approximate surface area is 203 Å². The van der Waals surface area contributed by atoms with Gasteiger partial charge in [-0.15, -0.1) is 0 Å². The van der Waals surface area contributed by atoms with Crippen molar-refractivity contribution in [3.05, 3.63) is 71.2 Å². The highest BCUT2D eigenvalue weighted by atomic mass is 16.5. The molecule has 5 rings (SSSR count). The van der Waals surface area contributed by atoms with Gasteiger partial charge in [0, 0.05) is 23.6 Å². The number of hydrogen-bond donors (Lipinski definition) is 3. The van der Waals surface area contributed by atoms with Gasteiger partial charge in [-0.2, -0.15) is 0 Å². The summed E-state index contributed by atoms with van der Waals surface area (Å²) >= 11 is 0. The zero-order valence-corrected chi connectivity index (χ0v) is 19.6. The van der Waals surface area contributed by atoms with Crippen LogP contribution >= 0.6 is 0 Å². The molecule has 35 heavy (non-hydrogen) atoms. The van der Waals surface area contributed by atoms with Crippen molar-refractivity contribution in [2.24, 2.45) is 5.92 Å². The van der Waals surface area contributed by atoms with Crippen molar-refractivity contribution in [2.75, 3.05) is 25.5 Å². The number of aromatic nitrogens is 2. The molecular weight excluding hydrogens is 446 g/mol. The molecule has 182 valence electrons. The van der Waals surface area contributed by atoms with Gasteiger partial charge in [-0.1, -0.05) is 17.3 Å². The molecule has 1 aliphatic carbocycles. The number of hydrogen-bond acceptors (Lipinski definition) is 7. The standard InChI is InChI=1S/C26H29N5O4/c1-34-23-8-7-20(15-28-23)29-25(32)19-4-2-3-18(13-19)24(17-9-11-27-12-10-17)30-26(33)21-14-22(35-31-21)16-5-6-16/h2-4,7-8,13-17,24,27H,5-6,9-12H2,1H3,(H,29,32)(H,30,33). The second-order valence-electron chi connectivity index (χ2n) is 9.10. The molecule has 1 unspecified atom stereocenters. The molecule has 1 aliphatic heterocycles. The van der Waals surface area contributed by atoms with Crippen molar-refractivity contribution in [3.8, 4) is 5.88 Å². The van der Waals surface area contributed by atoms with Crippen molar-refractivity contribution < 1.29 is 18.8 Å². The Morgan fingerprint density at radius 1 is 1.09 bits per heavy atom. The summed E-state index contributed by atoms with van der Waals surface area (Å²) < 4.78 is 10.4. The Morgan fingerprint density at radius 2 is 1.91 bits per heavy atom. The maximum atomic E-state index is 13.1. The van der Waals surface area contributed by atoms with E-state index in [9.17, 15) is 9.59 Å². The summed E-state index contributed by atoms with van der Waals surface area (Å²) in [5, 5.41) is 13.4. The van der Waals surface area contributed by atoms with Crippen molar-refractivity contribution in [1.82, 2.24) is 20.8 Å². The van der Waals surface area contributed by atoms with Gasteiger partial charge in [0.2, 0.25) is 5.88 Å². The number of amides is 2. The lowest BCUT2D eigenvalue weighted by Crippen LogP contribution is -2.39. The van der Waals surface area contributed by atoms with E-state index >= 15 is 0 Å². The summed E-state index contributed by atoms with van der Waals surface area (Å²) in [6, 6.07) is 12.3. The van der Waals surface area contributed by atoms with E-state index in [4.69, 9.17) is 9.26 Å². The lowest BCUT2D eigenvalue weighted by atomic mass is 9.85. The fraction of sp³-hybridized carbons (Fsp3) is 0.385. The molecule has 0 bridgehead atoms. The molecule has 1 saturated carbocycles. The molecule has 9 heteroatoms. The zero-order chi connectivity index (χ0) is 24.2. The minimum absolute atomic E-state index is 0.235. The smallest absolute Gasteiger partial charge is 0.273 e. The number of carbonyl (C=O) groups is 2. The SMILES string of the molecule is COc1ccc(NC(=O)c2cccc(C(NC(=O)c3cc(C4CC4)on3)C3CCNCC3)c2)cn1. The molecule has 2 aliphatic rings. The number of benzene rings is 1. The highest BCUT2D eigenvalue weighted by Crippen LogP contribution is 2.40. The first kappa shape index (κ1) is 23.0. The summed E-state index contributed by atoms with van der Waals surface area (Å²) in [7, 11) is 1.54. The number of nitrogens with zero attached hydrogens (tertiary/aromatic N) is 2. The molecule has 2 aromatic heterocycles. The van der Waals surface area contributed by atoms with Gasteiger partial charge in [0.1, 0.15) is 5.76 Å². The Morgan fingerprint density at radius 3 is 2.63 bits per heavy atom. The fourth-order valence-electron chi connectivity index (χ4n) is 4.47. The number of nitrogens with one attached hydrogen (secondary N) is 3. The lowest BCUT2D eigenvalue weighted by molar-refractivity contribution is 0.0904. The van der Waals surface area contributed by atoms with Crippen LogP contribution in [0.5, 0.6) is 5.88 Å². The molecule has 2 amide bonds.